The smallest absolute Gasteiger partial charge is 0.356 e. The number of benzene rings is 2. The van der Waals surface area contributed by atoms with Crippen molar-refractivity contribution in [3.63, 3.8) is 0 Å². The van der Waals surface area contributed by atoms with E-state index < -0.39 is 24.7 Å². The number of hydrogen-bond acceptors (Lipinski definition) is 3. The second kappa shape index (κ2) is 11.7. The minimum atomic E-state index is -4.25. The zero-order chi connectivity index (χ0) is 22.9. The van der Waals surface area contributed by atoms with Crippen LogP contribution in [0.25, 0.3) is 0 Å². The standard InChI is InChI=1S/C22H25ClF3N3O2/c1-29(15-22(24,25)26)13-7-12-27-20(30)14-19(16-8-3-2-4-9-16)28-21(31)17-10-5-6-11-18(17)23/h2-6,8-11,19H,7,12-15H2,1H3,(H,27,30)(H,28,31). The summed E-state index contributed by atoms with van der Waals surface area (Å²) in [5, 5.41) is 5.84. The third-order valence-electron chi connectivity index (χ3n) is 4.50. The highest BCUT2D eigenvalue weighted by Crippen LogP contribution is 2.20. The molecule has 0 bridgehead atoms. The van der Waals surface area contributed by atoms with Gasteiger partial charge in [0.1, 0.15) is 0 Å². The summed E-state index contributed by atoms with van der Waals surface area (Å²) in [5.74, 6) is -0.715. The Morgan fingerprint density at radius 3 is 2.35 bits per heavy atom. The van der Waals surface area contributed by atoms with Crippen LogP contribution in [0.5, 0.6) is 0 Å². The van der Waals surface area contributed by atoms with Gasteiger partial charge in [-0.2, -0.15) is 13.2 Å². The molecule has 0 aliphatic rings. The molecule has 0 saturated carbocycles. The van der Waals surface area contributed by atoms with Crippen LogP contribution in [0, 0.1) is 0 Å². The molecular weight excluding hydrogens is 431 g/mol. The van der Waals surface area contributed by atoms with Crippen molar-refractivity contribution in [2.24, 2.45) is 0 Å². The van der Waals surface area contributed by atoms with E-state index in [0.29, 0.717) is 17.0 Å². The Morgan fingerprint density at radius 2 is 1.71 bits per heavy atom. The fourth-order valence-electron chi connectivity index (χ4n) is 3.04. The monoisotopic (exact) mass is 455 g/mol. The average molecular weight is 456 g/mol. The first-order valence-electron chi connectivity index (χ1n) is 9.78. The molecule has 2 N–H and O–H groups in total. The van der Waals surface area contributed by atoms with Crippen LogP contribution < -0.4 is 10.6 Å². The quantitative estimate of drug-likeness (QED) is 0.528. The third kappa shape index (κ3) is 8.98. The molecule has 0 spiro atoms. The topological polar surface area (TPSA) is 61.4 Å². The van der Waals surface area contributed by atoms with Crippen LogP contribution in [0.15, 0.2) is 54.6 Å². The number of halogens is 4. The first-order chi connectivity index (χ1) is 14.7. The molecule has 0 fully saturated rings. The highest BCUT2D eigenvalue weighted by Gasteiger charge is 2.28. The summed E-state index contributed by atoms with van der Waals surface area (Å²) in [4.78, 5) is 26.2. The largest absolute Gasteiger partial charge is 0.401 e. The van der Waals surface area contributed by atoms with E-state index in [0.717, 1.165) is 10.5 Å². The fourth-order valence-corrected chi connectivity index (χ4v) is 3.26. The van der Waals surface area contributed by atoms with Crippen molar-refractivity contribution in [3.05, 3.63) is 70.7 Å². The minimum Gasteiger partial charge on any atom is -0.356 e. The summed E-state index contributed by atoms with van der Waals surface area (Å²) >= 11 is 6.09. The molecule has 0 aromatic heterocycles. The maximum atomic E-state index is 12.7. The van der Waals surface area contributed by atoms with Crippen LogP contribution in [-0.2, 0) is 4.79 Å². The number of hydrogen-bond donors (Lipinski definition) is 2. The van der Waals surface area contributed by atoms with Gasteiger partial charge in [0, 0.05) is 6.54 Å². The van der Waals surface area contributed by atoms with Crippen LogP contribution >= 0.6 is 11.6 Å². The Balaban J connectivity index is 1.92. The number of alkyl halides is 3. The lowest BCUT2D eigenvalue weighted by molar-refractivity contribution is -0.143. The Bertz CT molecular complexity index is 863. The highest BCUT2D eigenvalue weighted by atomic mass is 35.5. The fraction of sp³-hybridized carbons (Fsp3) is 0.364. The van der Waals surface area contributed by atoms with Gasteiger partial charge in [0.2, 0.25) is 5.91 Å². The molecule has 2 rings (SSSR count). The van der Waals surface area contributed by atoms with Crippen LogP contribution in [0.4, 0.5) is 13.2 Å². The lowest BCUT2D eigenvalue weighted by Crippen LogP contribution is -2.36. The van der Waals surface area contributed by atoms with Crippen molar-refractivity contribution >= 4 is 23.4 Å². The van der Waals surface area contributed by atoms with Gasteiger partial charge in [-0.05, 0) is 37.7 Å². The van der Waals surface area contributed by atoms with Gasteiger partial charge in [0.15, 0.2) is 0 Å². The zero-order valence-corrected chi connectivity index (χ0v) is 17.8. The average Bonchev–Trinajstić information content (AvgIpc) is 2.70. The lowest BCUT2D eigenvalue weighted by Gasteiger charge is -2.20. The van der Waals surface area contributed by atoms with Gasteiger partial charge >= 0.3 is 6.18 Å². The van der Waals surface area contributed by atoms with E-state index in [1.807, 2.05) is 6.07 Å². The Labute approximate surface area is 184 Å². The second-order valence-corrected chi connectivity index (χ2v) is 7.58. The maximum absolute atomic E-state index is 12.7. The van der Waals surface area contributed by atoms with Gasteiger partial charge in [0.25, 0.3) is 5.91 Å². The second-order valence-electron chi connectivity index (χ2n) is 7.18. The zero-order valence-electron chi connectivity index (χ0n) is 17.1. The molecule has 2 amide bonds. The lowest BCUT2D eigenvalue weighted by atomic mass is 10.0. The van der Waals surface area contributed by atoms with Crippen molar-refractivity contribution in [2.45, 2.75) is 25.1 Å². The minimum absolute atomic E-state index is 0.0153. The van der Waals surface area contributed by atoms with Crippen molar-refractivity contribution < 1.29 is 22.8 Å². The molecule has 1 unspecified atom stereocenters. The van der Waals surface area contributed by atoms with Crippen molar-refractivity contribution in [1.82, 2.24) is 15.5 Å². The van der Waals surface area contributed by atoms with Gasteiger partial charge in [-0.15, -0.1) is 0 Å². The molecule has 2 aromatic carbocycles. The Kier molecular flexibility index (Phi) is 9.33. The molecule has 1 atom stereocenters. The van der Waals surface area contributed by atoms with E-state index in [-0.39, 0.29) is 25.4 Å². The summed E-state index contributed by atoms with van der Waals surface area (Å²) in [6.45, 7) is -0.558. The van der Waals surface area contributed by atoms with E-state index in [2.05, 4.69) is 10.6 Å². The molecule has 0 saturated heterocycles. The highest BCUT2D eigenvalue weighted by molar-refractivity contribution is 6.33. The van der Waals surface area contributed by atoms with Crippen molar-refractivity contribution in [1.29, 1.82) is 0 Å². The van der Waals surface area contributed by atoms with Gasteiger partial charge in [0.05, 0.1) is 29.6 Å². The van der Waals surface area contributed by atoms with E-state index in [4.69, 9.17) is 11.6 Å². The molecule has 2 aromatic rings. The third-order valence-corrected chi connectivity index (χ3v) is 4.83. The van der Waals surface area contributed by atoms with Gasteiger partial charge in [-0.1, -0.05) is 54.1 Å². The molecule has 0 aliphatic heterocycles. The van der Waals surface area contributed by atoms with Crippen molar-refractivity contribution in [3.8, 4) is 0 Å². The van der Waals surface area contributed by atoms with Crippen LogP contribution in [0.1, 0.15) is 34.8 Å². The van der Waals surface area contributed by atoms with Crippen molar-refractivity contribution in [2.75, 3.05) is 26.7 Å². The summed E-state index contributed by atoms with van der Waals surface area (Å²) < 4.78 is 37.0. The Morgan fingerprint density at radius 1 is 1.06 bits per heavy atom. The van der Waals surface area contributed by atoms with Crippen LogP contribution in [-0.4, -0.2) is 49.6 Å². The summed E-state index contributed by atoms with van der Waals surface area (Å²) in [5.41, 5.74) is 1.06. The maximum Gasteiger partial charge on any atom is 0.401 e. The molecule has 0 heterocycles. The molecule has 0 radical (unpaired) electrons. The van der Waals surface area contributed by atoms with Crippen LogP contribution in [0.3, 0.4) is 0 Å². The van der Waals surface area contributed by atoms with E-state index in [1.165, 1.54) is 7.05 Å². The molecule has 168 valence electrons. The summed E-state index contributed by atoms with van der Waals surface area (Å²) in [6, 6.07) is 15.1. The predicted octanol–water partition coefficient (Wildman–Crippen LogP) is 4.20. The number of amides is 2. The number of nitrogens with zero attached hydrogens (tertiary/aromatic N) is 1. The predicted molar refractivity (Wildman–Crippen MR) is 114 cm³/mol. The Hall–Kier alpha value is -2.58. The molecule has 9 heteroatoms. The normalized spacial score (nSPS) is 12.5. The summed E-state index contributed by atoms with van der Waals surface area (Å²) in [6.07, 6.45) is -3.89. The van der Waals surface area contributed by atoms with Gasteiger partial charge in [-0.25, -0.2) is 0 Å². The number of rotatable bonds is 10. The van der Waals surface area contributed by atoms with E-state index in [9.17, 15) is 22.8 Å². The molecule has 5 nitrogen and oxygen atoms in total. The van der Waals surface area contributed by atoms with E-state index >= 15 is 0 Å². The molecule has 0 aliphatic carbocycles. The van der Waals surface area contributed by atoms with Crippen LogP contribution in [0.2, 0.25) is 5.02 Å². The molecule has 31 heavy (non-hydrogen) atoms. The van der Waals surface area contributed by atoms with E-state index in [1.54, 1.807) is 48.5 Å². The van der Waals surface area contributed by atoms with Gasteiger partial charge in [-0.3, -0.25) is 14.5 Å². The molecular formula is C22H25ClF3N3O2. The SMILES string of the molecule is CN(CCCNC(=O)CC(NC(=O)c1ccccc1Cl)c1ccccc1)CC(F)(F)F. The number of nitrogens with one attached hydrogen (secondary N) is 2. The number of carbonyl (C=O) groups is 2. The van der Waals surface area contributed by atoms with Gasteiger partial charge < -0.3 is 10.6 Å². The number of carbonyl (C=O) groups excluding carboxylic acids is 2. The first kappa shape index (κ1) is 24.7. The first-order valence-corrected chi connectivity index (χ1v) is 10.2. The summed E-state index contributed by atoms with van der Waals surface area (Å²) in [7, 11) is 1.38.